The first-order valence-corrected chi connectivity index (χ1v) is 16.7. The van der Waals surface area contributed by atoms with Crippen molar-refractivity contribution in [2.45, 2.75) is 57.8 Å². The van der Waals surface area contributed by atoms with E-state index in [1.54, 1.807) is 39.3 Å². The number of aromatic nitrogens is 3. The average Bonchev–Trinajstić information content (AvgIpc) is 3.63. The van der Waals surface area contributed by atoms with Gasteiger partial charge in [0, 0.05) is 31.4 Å². The monoisotopic (exact) mass is 718 g/mol. The van der Waals surface area contributed by atoms with Gasteiger partial charge in [-0.1, -0.05) is 0 Å². The highest BCUT2D eigenvalue weighted by molar-refractivity contribution is 7.88. The molecule has 0 N–H and O–H groups in total. The van der Waals surface area contributed by atoms with Crippen LogP contribution >= 0.6 is 11.3 Å². The van der Waals surface area contributed by atoms with Crippen molar-refractivity contribution < 1.29 is 53.6 Å². The van der Waals surface area contributed by atoms with E-state index in [0.29, 0.717) is 11.8 Å². The van der Waals surface area contributed by atoms with Gasteiger partial charge in [-0.25, -0.2) is 18.6 Å². The van der Waals surface area contributed by atoms with E-state index in [1.807, 2.05) is 0 Å². The van der Waals surface area contributed by atoms with Crippen LogP contribution in [-0.4, -0.2) is 72.2 Å². The van der Waals surface area contributed by atoms with Gasteiger partial charge in [0.25, 0.3) is 0 Å². The summed E-state index contributed by atoms with van der Waals surface area (Å²) >= 11 is 0.920. The van der Waals surface area contributed by atoms with Crippen LogP contribution in [0.4, 0.5) is 26.7 Å². The largest absolute Gasteiger partial charge is 0.534 e. The van der Waals surface area contributed by atoms with Gasteiger partial charge in [-0.3, -0.25) is 9.58 Å². The Morgan fingerprint density at radius 2 is 1.79 bits per heavy atom. The van der Waals surface area contributed by atoms with Crippen LogP contribution in [0.3, 0.4) is 0 Å². The zero-order valence-corrected chi connectivity index (χ0v) is 28.1. The minimum Gasteiger partial charge on any atom is -0.490 e. The van der Waals surface area contributed by atoms with Crippen LogP contribution in [0.1, 0.15) is 52.4 Å². The second kappa shape index (κ2) is 12.8. The summed E-state index contributed by atoms with van der Waals surface area (Å²) in [5, 5.41) is 5.86. The molecule has 0 radical (unpaired) electrons. The van der Waals surface area contributed by atoms with Crippen molar-refractivity contribution in [2.75, 3.05) is 26.9 Å². The standard InChI is InChI=1S/C30H31F5N4O7S2/c1-15-14-38(28(40)45-29(3,4)5)16(2)21-13-20(37-39(15)21)25-24(23-19(32)11-17(31)12-22(23)44-9-8-43-6)26-18(7-10-47-26)27(36-25)46-48(41,42)30(33,34)35/h7,10-13,15-16H,8-9,14H2,1-6H3/t15-,16-/m0/s1. The summed E-state index contributed by atoms with van der Waals surface area (Å²) in [5.41, 5.74) is -6.80. The van der Waals surface area contributed by atoms with Crippen molar-refractivity contribution >= 4 is 37.6 Å². The first-order valence-electron chi connectivity index (χ1n) is 14.5. The topological polar surface area (TPSA) is 122 Å². The van der Waals surface area contributed by atoms with Gasteiger partial charge in [0.05, 0.1) is 40.0 Å². The Hall–Kier alpha value is -4.03. The summed E-state index contributed by atoms with van der Waals surface area (Å²) in [5.74, 6) is -3.28. The highest BCUT2D eigenvalue weighted by atomic mass is 32.2. The fourth-order valence-corrected chi connectivity index (χ4v) is 6.56. The molecule has 2 atom stereocenters. The number of thiophene rings is 1. The lowest BCUT2D eigenvalue weighted by atomic mass is 9.98. The summed E-state index contributed by atoms with van der Waals surface area (Å²) in [7, 11) is -4.79. The molecule has 11 nitrogen and oxygen atoms in total. The molecular formula is C30H31F5N4O7S2. The van der Waals surface area contributed by atoms with Gasteiger partial charge in [0.2, 0.25) is 5.88 Å². The number of rotatable bonds is 8. The van der Waals surface area contributed by atoms with Gasteiger partial charge >= 0.3 is 21.7 Å². The average molecular weight is 719 g/mol. The zero-order chi connectivity index (χ0) is 35.3. The van der Waals surface area contributed by atoms with E-state index in [9.17, 15) is 30.8 Å². The number of carbonyl (C=O) groups excluding carboxylic acids is 1. The Labute approximate surface area is 276 Å². The molecule has 1 aromatic carbocycles. The number of hydrogen-bond donors (Lipinski definition) is 0. The number of carbonyl (C=O) groups is 1. The lowest BCUT2D eigenvalue weighted by molar-refractivity contribution is -0.0500. The smallest absolute Gasteiger partial charge is 0.490 e. The normalized spacial score (nSPS) is 17.0. The van der Waals surface area contributed by atoms with Crippen LogP contribution < -0.4 is 8.92 Å². The minimum atomic E-state index is -6.19. The van der Waals surface area contributed by atoms with Crippen LogP contribution in [-0.2, 0) is 19.6 Å². The minimum absolute atomic E-state index is 0.0270. The molecule has 0 saturated carbocycles. The van der Waals surface area contributed by atoms with Gasteiger partial charge in [-0.15, -0.1) is 11.3 Å². The third-order valence-corrected chi connectivity index (χ3v) is 9.14. The van der Waals surface area contributed by atoms with Gasteiger partial charge in [0.15, 0.2) is 0 Å². The first-order chi connectivity index (χ1) is 22.3. The molecular weight excluding hydrogens is 687 g/mol. The van der Waals surface area contributed by atoms with Crippen molar-refractivity contribution in [3.05, 3.63) is 47.0 Å². The molecule has 0 spiro atoms. The maximum Gasteiger partial charge on any atom is 0.534 e. The number of benzene rings is 1. The molecule has 4 heterocycles. The first kappa shape index (κ1) is 35.3. The molecule has 5 rings (SSSR count). The molecule has 1 aliphatic heterocycles. The number of nitrogens with zero attached hydrogens (tertiary/aromatic N) is 4. The quantitative estimate of drug-likeness (QED) is 0.0804. The molecule has 0 saturated heterocycles. The number of alkyl halides is 3. The Bertz CT molecular complexity index is 1970. The van der Waals surface area contributed by atoms with Gasteiger partial charge in [-0.2, -0.15) is 26.7 Å². The number of hydrogen-bond acceptors (Lipinski definition) is 10. The summed E-state index contributed by atoms with van der Waals surface area (Å²) in [6.07, 6.45) is -0.589. The lowest BCUT2D eigenvalue weighted by Crippen LogP contribution is -2.45. The van der Waals surface area contributed by atoms with Crippen LogP contribution in [0.25, 0.3) is 32.6 Å². The van der Waals surface area contributed by atoms with E-state index in [-0.39, 0.29) is 58.1 Å². The Morgan fingerprint density at radius 3 is 2.44 bits per heavy atom. The van der Waals surface area contributed by atoms with Crippen molar-refractivity contribution in [3.63, 3.8) is 0 Å². The van der Waals surface area contributed by atoms with Crippen LogP contribution in [0, 0.1) is 11.6 Å². The molecule has 1 aliphatic rings. The number of pyridine rings is 1. The SMILES string of the molecule is COCCOc1cc(F)cc(F)c1-c1c(-c2cc3n(n2)[C@@H](C)CN(C(=O)OC(C)(C)C)[C@H]3C)nc(OS(=O)(=O)C(F)(F)F)c2ccsc12. The molecule has 0 bridgehead atoms. The second-order valence-electron chi connectivity index (χ2n) is 11.9. The Morgan fingerprint density at radius 1 is 1.08 bits per heavy atom. The molecule has 0 aliphatic carbocycles. The summed E-state index contributed by atoms with van der Waals surface area (Å²) < 4.78 is 117. The van der Waals surface area contributed by atoms with Crippen molar-refractivity contribution in [2.24, 2.45) is 0 Å². The van der Waals surface area contributed by atoms with Crippen molar-refractivity contribution in [1.82, 2.24) is 19.7 Å². The molecule has 0 unspecified atom stereocenters. The van der Waals surface area contributed by atoms with Crippen LogP contribution in [0.15, 0.2) is 29.6 Å². The number of fused-ring (bicyclic) bond motifs is 2. The molecule has 18 heteroatoms. The van der Waals surface area contributed by atoms with Crippen molar-refractivity contribution in [3.8, 4) is 34.1 Å². The molecule has 260 valence electrons. The fourth-order valence-electron chi connectivity index (χ4n) is 5.19. The highest BCUT2D eigenvalue weighted by Gasteiger charge is 2.49. The van der Waals surface area contributed by atoms with E-state index in [0.717, 1.165) is 17.4 Å². The molecule has 1 amide bonds. The van der Waals surface area contributed by atoms with Crippen molar-refractivity contribution in [1.29, 1.82) is 0 Å². The van der Waals surface area contributed by atoms with Gasteiger partial charge < -0.3 is 18.4 Å². The van der Waals surface area contributed by atoms with Gasteiger partial charge in [-0.05, 0) is 52.1 Å². The Balaban J connectivity index is 1.77. The molecule has 4 aromatic rings. The summed E-state index contributed by atoms with van der Waals surface area (Å²) in [6.45, 7) is 8.76. The van der Waals surface area contributed by atoms with Crippen LogP contribution in [0.5, 0.6) is 11.6 Å². The maximum absolute atomic E-state index is 15.9. The van der Waals surface area contributed by atoms with Gasteiger partial charge in [0.1, 0.15) is 41.0 Å². The number of ether oxygens (including phenoxy) is 3. The van der Waals surface area contributed by atoms with E-state index < -0.39 is 56.9 Å². The Kier molecular flexibility index (Phi) is 9.39. The number of amides is 1. The summed E-state index contributed by atoms with van der Waals surface area (Å²) in [6, 6.07) is 3.22. The van der Waals surface area contributed by atoms with E-state index in [4.69, 9.17) is 14.2 Å². The van der Waals surface area contributed by atoms with E-state index in [1.165, 1.54) is 29.5 Å². The predicted octanol–water partition coefficient (Wildman–Crippen LogP) is 7.23. The van der Waals surface area contributed by atoms with Crippen LogP contribution in [0.2, 0.25) is 0 Å². The highest BCUT2D eigenvalue weighted by Crippen LogP contribution is 2.48. The van der Waals surface area contributed by atoms with E-state index >= 15 is 4.39 Å². The lowest BCUT2D eigenvalue weighted by Gasteiger charge is -2.38. The fraction of sp³-hybridized carbons (Fsp3) is 0.433. The molecule has 48 heavy (non-hydrogen) atoms. The third kappa shape index (κ3) is 6.78. The van der Waals surface area contributed by atoms with E-state index in [2.05, 4.69) is 14.3 Å². The molecule has 3 aromatic heterocycles. The number of halogens is 5. The summed E-state index contributed by atoms with van der Waals surface area (Å²) in [4.78, 5) is 18.8. The number of methoxy groups -OCH3 is 1. The maximum atomic E-state index is 15.9. The second-order valence-corrected chi connectivity index (χ2v) is 14.4. The third-order valence-electron chi connectivity index (χ3n) is 7.27. The predicted molar refractivity (Wildman–Crippen MR) is 165 cm³/mol. The zero-order valence-electron chi connectivity index (χ0n) is 26.5. The molecule has 0 fully saturated rings.